The Morgan fingerprint density at radius 1 is 0.405 bits per heavy atom. The molecule has 5 aromatic rings. The summed E-state index contributed by atoms with van der Waals surface area (Å²) in [7, 11) is 8.44. The molecule has 2 aliphatic carbocycles. The minimum absolute atomic E-state index is 0.307. The molecule has 0 saturated heterocycles. The van der Waals surface area contributed by atoms with E-state index < -0.39 is 0 Å². The van der Waals surface area contributed by atoms with Gasteiger partial charge in [0.25, 0.3) is 0 Å². The van der Waals surface area contributed by atoms with E-state index in [0.717, 1.165) is 0 Å². The molecule has 5 aromatic carbocycles. The van der Waals surface area contributed by atoms with Crippen molar-refractivity contribution in [1.82, 2.24) is 0 Å². The third kappa shape index (κ3) is 2.93. The van der Waals surface area contributed by atoms with Gasteiger partial charge in [0.05, 0.1) is 5.41 Å². The molecule has 0 amide bonds. The zero-order valence-electron chi connectivity index (χ0n) is 21.8. The van der Waals surface area contributed by atoms with Crippen LogP contribution < -0.4 is 9.80 Å². The SMILES string of the molecule is CN(C)c1cc(-c2ccc3c(c2)C2(c4ccccc4-c4ccccc42)c2ccccc2-3)cc(N(C)C)c1. The van der Waals surface area contributed by atoms with Gasteiger partial charge < -0.3 is 9.80 Å². The highest BCUT2D eigenvalue weighted by Gasteiger charge is 2.51. The smallest absolute Gasteiger partial charge is 0.0725 e. The number of benzene rings is 5. The van der Waals surface area contributed by atoms with Crippen molar-refractivity contribution in [2.45, 2.75) is 5.41 Å². The van der Waals surface area contributed by atoms with E-state index in [1.165, 1.54) is 67.0 Å². The van der Waals surface area contributed by atoms with Crippen molar-refractivity contribution in [1.29, 1.82) is 0 Å². The lowest BCUT2D eigenvalue weighted by Gasteiger charge is -2.30. The summed E-state index contributed by atoms with van der Waals surface area (Å²) in [6.45, 7) is 0. The van der Waals surface area contributed by atoms with Gasteiger partial charge in [0.1, 0.15) is 0 Å². The summed E-state index contributed by atoms with van der Waals surface area (Å²) >= 11 is 0. The first-order valence-corrected chi connectivity index (χ1v) is 12.9. The van der Waals surface area contributed by atoms with Gasteiger partial charge in [-0.25, -0.2) is 0 Å². The Labute approximate surface area is 219 Å². The highest BCUT2D eigenvalue weighted by molar-refractivity contribution is 5.96. The first-order chi connectivity index (χ1) is 18.0. The third-order valence-corrected chi connectivity index (χ3v) is 8.27. The van der Waals surface area contributed by atoms with E-state index in [0.29, 0.717) is 0 Å². The molecule has 0 heterocycles. The summed E-state index contributed by atoms with van der Waals surface area (Å²) in [5.41, 5.74) is 15.5. The average molecular weight is 479 g/mol. The van der Waals surface area contributed by atoms with Crippen LogP contribution in [-0.4, -0.2) is 28.2 Å². The molecule has 0 atom stereocenters. The van der Waals surface area contributed by atoms with Gasteiger partial charge in [0.15, 0.2) is 0 Å². The minimum Gasteiger partial charge on any atom is -0.378 e. The fraction of sp³-hybridized carbons (Fsp3) is 0.143. The van der Waals surface area contributed by atoms with Gasteiger partial charge in [-0.1, -0.05) is 84.9 Å². The van der Waals surface area contributed by atoms with Gasteiger partial charge >= 0.3 is 0 Å². The molecule has 7 rings (SSSR count). The fourth-order valence-corrected chi connectivity index (χ4v) is 6.55. The zero-order chi connectivity index (χ0) is 25.3. The molecule has 0 radical (unpaired) electrons. The zero-order valence-corrected chi connectivity index (χ0v) is 21.8. The van der Waals surface area contributed by atoms with E-state index in [1.54, 1.807) is 0 Å². The largest absolute Gasteiger partial charge is 0.378 e. The van der Waals surface area contributed by atoms with Crippen LogP contribution in [-0.2, 0) is 5.41 Å². The molecule has 2 heteroatoms. The Balaban J connectivity index is 1.55. The standard InChI is InChI=1S/C35H30N2/c1-36(2)25-19-24(20-26(22-25)37(3)4)23-17-18-30-29-13-7-10-16-33(29)35(34(30)21-23)31-14-8-5-11-27(31)28-12-6-9-15-32(28)35/h5-22H,1-4H3. The highest BCUT2D eigenvalue weighted by Crippen LogP contribution is 2.62. The van der Waals surface area contributed by atoms with Crippen LogP contribution in [0.1, 0.15) is 22.3 Å². The molecular weight excluding hydrogens is 448 g/mol. The van der Waals surface area contributed by atoms with Crippen LogP contribution in [0.2, 0.25) is 0 Å². The summed E-state index contributed by atoms with van der Waals surface area (Å²) in [4.78, 5) is 4.37. The molecule has 2 aliphatic rings. The molecule has 0 bridgehead atoms. The second-order valence-electron chi connectivity index (χ2n) is 10.7. The number of hydrogen-bond donors (Lipinski definition) is 0. The average Bonchev–Trinajstić information content (AvgIpc) is 3.40. The van der Waals surface area contributed by atoms with Crippen LogP contribution in [0.25, 0.3) is 33.4 Å². The van der Waals surface area contributed by atoms with Crippen molar-refractivity contribution in [3.63, 3.8) is 0 Å². The van der Waals surface area contributed by atoms with E-state index in [-0.39, 0.29) is 5.41 Å². The first kappa shape index (κ1) is 21.9. The number of anilines is 2. The summed E-state index contributed by atoms with van der Waals surface area (Å²) in [5, 5.41) is 0. The Hall–Kier alpha value is -4.30. The lowest BCUT2D eigenvalue weighted by atomic mass is 9.70. The Bertz CT molecular complexity index is 1600. The van der Waals surface area contributed by atoms with Crippen molar-refractivity contribution in [2.24, 2.45) is 0 Å². The third-order valence-electron chi connectivity index (χ3n) is 8.27. The maximum Gasteiger partial charge on any atom is 0.0725 e. The van der Waals surface area contributed by atoms with E-state index in [9.17, 15) is 0 Å². The molecule has 0 fully saturated rings. The quantitative estimate of drug-likeness (QED) is 0.255. The number of rotatable bonds is 3. The van der Waals surface area contributed by atoms with Gasteiger partial charge in [0.2, 0.25) is 0 Å². The van der Waals surface area contributed by atoms with Crippen LogP contribution >= 0.6 is 0 Å². The van der Waals surface area contributed by atoms with E-state index in [2.05, 4.69) is 147 Å². The second kappa shape index (κ2) is 7.85. The van der Waals surface area contributed by atoms with Crippen molar-refractivity contribution >= 4 is 11.4 Å². The summed E-state index contributed by atoms with van der Waals surface area (Å²) in [6, 6.07) is 41.0. The predicted octanol–water partition coefficient (Wildman–Crippen LogP) is 7.83. The Morgan fingerprint density at radius 3 is 1.30 bits per heavy atom. The number of fused-ring (bicyclic) bond motifs is 10. The van der Waals surface area contributed by atoms with Crippen LogP contribution in [0, 0.1) is 0 Å². The lowest BCUT2D eigenvalue weighted by molar-refractivity contribution is 0.794. The molecule has 2 nitrogen and oxygen atoms in total. The summed E-state index contributed by atoms with van der Waals surface area (Å²) in [5.74, 6) is 0. The van der Waals surface area contributed by atoms with Crippen molar-refractivity contribution < 1.29 is 0 Å². The highest BCUT2D eigenvalue weighted by atomic mass is 15.1. The molecule has 0 aromatic heterocycles. The topological polar surface area (TPSA) is 6.48 Å². The lowest BCUT2D eigenvalue weighted by Crippen LogP contribution is -2.25. The normalized spacial score (nSPS) is 13.6. The Morgan fingerprint density at radius 2 is 0.838 bits per heavy atom. The molecule has 37 heavy (non-hydrogen) atoms. The van der Waals surface area contributed by atoms with Crippen molar-refractivity contribution in [3.05, 3.63) is 131 Å². The first-order valence-electron chi connectivity index (χ1n) is 12.9. The van der Waals surface area contributed by atoms with Crippen LogP contribution in [0.5, 0.6) is 0 Å². The Kier molecular flexibility index (Phi) is 4.65. The van der Waals surface area contributed by atoms with Crippen LogP contribution in [0.15, 0.2) is 109 Å². The molecule has 0 N–H and O–H groups in total. The molecule has 0 saturated carbocycles. The van der Waals surface area contributed by atoms with Crippen molar-refractivity contribution in [2.75, 3.05) is 38.0 Å². The van der Waals surface area contributed by atoms with Crippen LogP contribution in [0.4, 0.5) is 11.4 Å². The van der Waals surface area contributed by atoms with Gasteiger partial charge in [-0.05, 0) is 79.9 Å². The number of nitrogens with zero attached hydrogens (tertiary/aromatic N) is 2. The van der Waals surface area contributed by atoms with Gasteiger partial charge in [0, 0.05) is 39.6 Å². The van der Waals surface area contributed by atoms with Crippen molar-refractivity contribution in [3.8, 4) is 33.4 Å². The molecular formula is C35H30N2. The molecule has 1 spiro atoms. The van der Waals surface area contributed by atoms with Gasteiger partial charge in [-0.15, -0.1) is 0 Å². The molecule has 0 unspecified atom stereocenters. The fourth-order valence-electron chi connectivity index (χ4n) is 6.55. The predicted molar refractivity (Wildman–Crippen MR) is 157 cm³/mol. The van der Waals surface area contributed by atoms with Crippen LogP contribution in [0.3, 0.4) is 0 Å². The molecule has 0 aliphatic heterocycles. The minimum atomic E-state index is -0.307. The molecule has 180 valence electrons. The van der Waals surface area contributed by atoms with E-state index in [4.69, 9.17) is 0 Å². The van der Waals surface area contributed by atoms with E-state index >= 15 is 0 Å². The van der Waals surface area contributed by atoms with Gasteiger partial charge in [-0.3, -0.25) is 0 Å². The second-order valence-corrected chi connectivity index (χ2v) is 10.7. The van der Waals surface area contributed by atoms with E-state index in [1.807, 2.05) is 0 Å². The summed E-state index contributed by atoms with van der Waals surface area (Å²) in [6.07, 6.45) is 0. The van der Waals surface area contributed by atoms with Gasteiger partial charge in [-0.2, -0.15) is 0 Å². The maximum atomic E-state index is 2.46. The number of hydrogen-bond acceptors (Lipinski definition) is 2. The monoisotopic (exact) mass is 478 g/mol. The maximum absolute atomic E-state index is 2.46. The summed E-state index contributed by atoms with van der Waals surface area (Å²) < 4.78 is 0.